The van der Waals surface area contributed by atoms with Gasteiger partial charge >= 0.3 is 6.18 Å². The molecule has 0 saturated carbocycles. The number of alkyl halides is 3. The Morgan fingerprint density at radius 3 is 2.43 bits per heavy atom. The highest BCUT2D eigenvalue weighted by Gasteiger charge is 2.48. The number of aromatic nitrogens is 3. The number of aryl methyl sites for hydroxylation is 1. The van der Waals surface area contributed by atoms with Gasteiger partial charge in [0.2, 0.25) is 5.82 Å². The summed E-state index contributed by atoms with van der Waals surface area (Å²) in [6.45, 7) is 1.85. The number of nitrogens with zero attached hydrogens (tertiary/aromatic N) is 4. The number of amides is 1. The predicted octanol–water partition coefficient (Wildman–Crippen LogP) is 3.11. The number of hydrogen-bond acceptors (Lipinski definition) is 3. The number of hydrogen-bond donors (Lipinski definition) is 0. The van der Waals surface area contributed by atoms with Crippen LogP contribution >= 0.6 is 15.9 Å². The van der Waals surface area contributed by atoms with Crippen molar-refractivity contribution in [2.24, 2.45) is 0 Å². The maximum atomic E-state index is 13.6. The van der Waals surface area contributed by atoms with Gasteiger partial charge < -0.3 is 9.47 Å². The van der Waals surface area contributed by atoms with Crippen LogP contribution in [0.5, 0.6) is 0 Å². The molecule has 1 amide bonds. The number of fused-ring (bicyclic) bond motifs is 1. The van der Waals surface area contributed by atoms with Crippen LogP contribution < -0.4 is 0 Å². The highest BCUT2D eigenvalue weighted by molar-refractivity contribution is 9.10. The molecule has 3 rings (SSSR count). The van der Waals surface area contributed by atoms with Gasteiger partial charge in [0.05, 0.1) is 0 Å². The van der Waals surface area contributed by atoms with Crippen molar-refractivity contribution in [3.63, 3.8) is 0 Å². The highest BCUT2D eigenvalue weighted by atomic mass is 79.9. The fourth-order valence-corrected chi connectivity index (χ4v) is 2.95. The third kappa shape index (κ3) is 2.85. The summed E-state index contributed by atoms with van der Waals surface area (Å²) < 4.78 is 43.0. The zero-order valence-corrected chi connectivity index (χ0v) is 13.6. The average Bonchev–Trinajstić information content (AvgIpc) is 2.85. The van der Waals surface area contributed by atoms with Crippen LogP contribution in [-0.4, -0.2) is 38.3 Å². The SMILES string of the molecule is Cc1nnc2n1CCN(C(c1ccc(Br)cc1)C(F)(F)F)C2=O. The number of benzene rings is 1. The van der Waals surface area contributed by atoms with Crippen molar-refractivity contribution >= 4 is 21.8 Å². The molecule has 1 aliphatic heterocycles. The maximum Gasteiger partial charge on any atom is 0.413 e. The number of rotatable bonds is 2. The molecule has 0 N–H and O–H groups in total. The van der Waals surface area contributed by atoms with E-state index in [0.29, 0.717) is 10.3 Å². The van der Waals surface area contributed by atoms with Gasteiger partial charge in [0.15, 0.2) is 6.04 Å². The van der Waals surface area contributed by atoms with Crippen LogP contribution in [-0.2, 0) is 6.54 Å². The summed E-state index contributed by atoms with van der Waals surface area (Å²) in [6.07, 6.45) is -4.58. The summed E-state index contributed by atoms with van der Waals surface area (Å²) in [7, 11) is 0. The fraction of sp³-hybridized carbons (Fsp3) is 0.357. The molecular formula is C14H12BrF3N4O. The maximum absolute atomic E-state index is 13.6. The molecule has 0 spiro atoms. The summed E-state index contributed by atoms with van der Waals surface area (Å²) in [6, 6.07) is 3.76. The molecule has 23 heavy (non-hydrogen) atoms. The Balaban J connectivity index is 2.02. The van der Waals surface area contributed by atoms with Crippen molar-refractivity contribution in [3.05, 3.63) is 46.0 Å². The lowest BCUT2D eigenvalue weighted by Gasteiger charge is -2.35. The second kappa shape index (κ2) is 5.63. The highest BCUT2D eigenvalue weighted by Crippen LogP contribution is 2.39. The van der Waals surface area contributed by atoms with Gasteiger partial charge in [-0.25, -0.2) is 0 Å². The third-order valence-electron chi connectivity index (χ3n) is 3.76. The first-order valence-electron chi connectivity index (χ1n) is 6.82. The van der Waals surface area contributed by atoms with Gasteiger partial charge in [0, 0.05) is 17.6 Å². The summed E-state index contributed by atoms with van der Waals surface area (Å²) in [5.41, 5.74) is 0.0127. The van der Waals surface area contributed by atoms with Crippen molar-refractivity contribution in [3.8, 4) is 0 Å². The van der Waals surface area contributed by atoms with Gasteiger partial charge in [-0.05, 0) is 24.6 Å². The molecule has 1 unspecified atom stereocenters. The third-order valence-corrected chi connectivity index (χ3v) is 4.29. The normalized spacial score (nSPS) is 16.4. The minimum absolute atomic E-state index is 0.0127. The van der Waals surface area contributed by atoms with E-state index in [4.69, 9.17) is 0 Å². The van der Waals surface area contributed by atoms with E-state index in [1.165, 1.54) is 28.8 Å². The molecule has 1 aromatic heterocycles. The molecule has 2 aromatic rings. The fourth-order valence-electron chi connectivity index (χ4n) is 2.68. The topological polar surface area (TPSA) is 51.0 Å². The molecule has 1 aromatic carbocycles. The molecule has 2 heterocycles. The van der Waals surface area contributed by atoms with Crippen LogP contribution in [0, 0.1) is 6.92 Å². The van der Waals surface area contributed by atoms with Crippen LogP contribution in [0.15, 0.2) is 28.7 Å². The van der Waals surface area contributed by atoms with Crippen molar-refractivity contribution in [1.82, 2.24) is 19.7 Å². The van der Waals surface area contributed by atoms with E-state index in [1.54, 1.807) is 6.92 Å². The van der Waals surface area contributed by atoms with E-state index in [0.717, 1.165) is 4.90 Å². The summed E-state index contributed by atoms with van der Waals surface area (Å²) in [4.78, 5) is 13.3. The summed E-state index contributed by atoms with van der Waals surface area (Å²) in [5.74, 6) is -0.303. The monoisotopic (exact) mass is 388 g/mol. The van der Waals surface area contributed by atoms with Crippen LogP contribution in [0.4, 0.5) is 13.2 Å². The van der Waals surface area contributed by atoms with Crippen molar-refractivity contribution in [2.45, 2.75) is 25.7 Å². The molecule has 0 fully saturated rings. The molecule has 5 nitrogen and oxygen atoms in total. The van der Waals surface area contributed by atoms with E-state index >= 15 is 0 Å². The molecule has 122 valence electrons. The Kier molecular flexibility index (Phi) is 3.91. The van der Waals surface area contributed by atoms with E-state index in [9.17, 15) is 18.0 Å². The van der Waals surface area contributed by atoms with Crippen molar-refractivity contribution < 1.29 is 18.0 Å². The minimum Gasteiger partial charge on any atom is -0.318 e. The van der Waals surface area contributed by atoms with Crippen LogP contribution in [0.1, 0.15) is 28.0 Å². The standard InChI is InChI=1S/C14H12BrF3N4O/c1-8-19-20-12-13(23)22(7-6-21(8)12)11(14(16,17)18)9-2-4-10(15)5-3-9/h2-5,11H,6-7H2,1H3. The molecule has 1 atom stereocenters. The van der Waals surface area contributed by atoms with Crippen molar-refractivity contribution in [1.29, 1.82) is 0 Å². The first kappa shape index (κ1) is 16.0. The number of carbonyl (C=O) groups is 1. The summed E-state index contributed by atoms with van der Waals surface area (Å²) in [5, 5.41) is 7.47. The van der Waals surface area contributed by atoms with Crippen LogP contribution in [0.25, 0.3) is 0 Å². The largest absolute Gasteiger partial charge is 0.413 e. The lowest BCUT2D eigenvalue weighted by atomic mass is 10.0. The van der Waals surface area contributed by atoms with Crippen LogP contribution in [0.3, 0.4) is 0 Å². The van der Waals surface area contributed by atoms with E-state index in [-0.39, 0.29) is 24.5 Å². The Morgan fingerprint density at radius 2 is 1.83 bits per heavy atom. The van der Waals surface area contributed by atoms with Gasteiger partial charge in [-0.15, -0.1) is 10.2 Å². The molecule has 0 bridgehead atoms. The first-order chi connectivity index (χ1) is 10.8. The predicted molar refractivity (Wildman–Crippen MR) is 78.7 cm³/mol. The molecular weight excluding hydrogens is 377 g/mol. The van der Waals surface area contributed by atoms with E-state index in [1.807, 2.05) is 0 Å². The number of carbonyl (C=O) groups excluding carboxylic acids is 1. The molecule has 0 aliphatic carbocycles. The Bertz CT molecular complexity index is 741. The van der Waals surface area contributed by atoms with Gasteiger partial charge in [-0.2, -0.15) is 13.2 Å². The zero-order valence-electron chi connectivity index (χ0n) is 12.0. The van der Waals surface area contributed by atoms with Crippen molar-refractivity contribution in [2.75, 3.05) is 6.54 Å². The smallest absolute Gasteiger partial charge is 0.318 e. The van der Waals surface area contributed by atoms with E-state index < -0.39 is 18.1 Å². The Hall–Kier alpha value is -1.90. The minimum atomic E-state index is -4.58. The van der Waals surface area contributed by atoms with Gasteiger partial charge in [-0.1, -0.05) is 28.1 Å². The lowest BCUT2D eigenvalue weighted by molar-refractivity contribution is -0.180. The van der Waals surface area contributed by atoms with E-state index in [2.05, 4.69) is 26.1 Å². The first-order valence-corrected chi connectivity index (χ1v) is 7.61. The average molecular weight is 389 g/mol. The second-order valence-electron chi connectivity index (χ2n) is 5.22. The lowest BCUT2D eigenvalue weighted by Crippen LogP contribution is -2.47. The molecule has 0 radical (unpaired) electrons. The quantitative estimate of drug-likeness (QED) is 0.793. The van der Waals surface area contributed by atoms with Gasteiger partial charge in [0.1, 0.15) is 5.82 Å². The Morgan fingerprint density at radius 1 is 1.17 bits per heavy atom. The molecule has 1 aliphatic rings. The molecule has 9 heteroatoms. The van der Waals surface area contributed by atoms with Gasteiger partial charge in [0.25, 0.3) is 5.91 Å². The second-order valence-corrected chi connectivity index (χ2v) is 6.13. The molecule has 0 saturated heterocycles. The number of halogens is 4. The Labute approximate surface area is 138 Å². The zero-order chi connectivity index (χ0) is 16.8. The van der Waals surface area contributed by atoms with Crippen LogP contribution in [0.2, 0.25) is 0 Å². The van der Waals surface area contributed by atoms with Gasteiger partial charge in [-0.3, -0.25) is 4.79 Å². The summed E-state index contributed by atoms with van der Waals surface area (Å²) >= 11 is 3.19.